The zero-order chi connectivity index (χ0) is 20.5. The first-order chi connectivity index (χ1) is 14.0. The first kappa shape index (κ1) is 18.6. The maximum Gasteiger partial charge on any atom is 0.300 e. The van der Waals surface area contributed by atoms with E-state index >= 15 is 0 Å². The van der Waals surface area contributed by atoms with Gasteiger partial charge in [-0.1, -0.05) is 48.5 Å². The fourth-order valence-corrected chi connectivity index (χ4v) is 3.44. The fraction of sp³-hybridized carbons (Fsp3) is 0.0435. The van der Waals surface area contributed by atoms with Gasteiger partial charge in [-0.05, 0) is 30.3 Å². The van der Waals surface area contributed by atoms with Gasteiger partial charge in [-0.25, -0.2) is 8.78 Å². The zero-order valence-electron chi connectivity index (χ0n) is 15.0. The molecule has 144 valence electrons. The quantitative estimate of drug-likeness (QED) is 0.404. The third kappa shape index (κ3) is 3.18. The van der Waals surface area contributed by atoms with Gasteiger partial charge in [-0.2, -0.15) is 0 Å². The molecule has 0 saturated carbocycles. The summed E-state index contributed by atoms with van der Waals surface area (Å²) in [6.07, 6.45) is 0. The summed E-state index contributed by atoms with van der Waals surface area (Å²) < 4.78 is 28.1. The van der Waals surface area contributed by atoms with Crippen LogP contribution in [0.1, 0.15) is 17.2 Å². The van der Waals surface area contributed by atoms with Crippen molar-refractivity contribution >= 4 is 23.1 Å². The Labute approximate surface area is 165 Å². The Balaban J connectivity index is 1.97. The minimum Gasteiger partial charge on any atom is -0.507 e. The van der Waals surface area contributed by atoms with Crippen molar-refractivity contribution in [1.29, 1.82) is 0 Å². The van der Waals surface area contributed by atoms with Gasteiger partial charge in [-0.3, -0.25) is 14.5 Å². The van der Waals surface area contributed by atoms with Crippen molar-refractivity contribution in [2.24, 2.45) is 0 Å². The molecule has 1 amide bonds. The van der Waals surface area contributed by atoms with Crippen molar-refractivity contribution in [2.75, 3.05) is 4.90 Å². The summed E-state index contributed by atoms with van der Waals surface area (Å²) in [5.74, 6) is -3.42. The molecular formula is C23H15F2NO3. The number of carbonyl (C=O) groups excluding carboxylic acids is 2. The molecule has 4 nitrogen and oxygen atoms in total. The third-order valence-corrected chi connectivity index (χ3v) is 4.80. The van der Waals surface area contributed by atoms with Crippen LogP contribution in [0.3, 0.4) is 0 Å². The number of hydrogen-bond acceptors (Lipinski definition) is 3. The predicted octanol–water partition coefficient (Wildman–Crippen LogP) is 4.59. The Morgan fingerprint density at radius 1 is 0.828 bits per heavy atom. The van der Waals surface area contributed by atoms with Crippen molar-refractivity contribution in [3.63, 3.8) is 0 Å². The van der Waals surface area contributed by atoms with Gasteiger partial charge in [0.25, 0.3) is 11.7 Å². The SMILES string of the molecule is O=C1C(=O)N(c2ccc(F)cc2)[C@@H](c2ccccc2F)/C1=C(\O)c1ccccc1. The number of amides is 1. The molecule has 6 heteroatoms. The van der Waals surface area contributed by atoms with Gasteiger partial charge in [0.05, 0.1) is 11.6 Å². The number of benzene rings is 3. The van der Waals surface area contributed by atoms with Gasteiger partial charge < -0.3 is 5.11 Å². The van der Waals surface area contributed by atoms with Gasteiger partial charge in [0.1, 0.15) is 17.4 Å². The summed E-state index contributed by atoms with van der Waals surface area (Å²) in [6, 6.07) is 17.7. The summed E-state index contributed by atoms with van der Waals surface area (Å²) >= 11 is 0. The summed E-state index contributed by atoms with van der Waals surface area (Å²) in [5, 5.41) is 10.8. The van der Waals surface area contributed by atoms with Crippen LogP contribution in [0.15, 0.2) is 84.4 Å². The van der Waals surface area contributed by atoms with Crippen molar-refractivity contribution in [2.45, 2.75) is 6.04 Å². The molecule has 0 bridgehead atoms. The number of anilines is 1. The van der Waals surface area contributed by atoms with Crippen LogP contribution >= 0.6 is 0 Å². The Kier molecular flexibility index (Phi) is 4.68. The second kappa shape index (κ2) is 7.31. The molecule has 0 unspecified atom stereocenters. The maximum absolute atomic E-state index is 14.7. The summed E-state index contributed by atoms with van der Waals surface area (Å²) in [5.41, 5.74) is 0.365. The van der Waals surface area contributed by atoms with Crippen molar-refractivity contribution in [3.8, 4) is 0 Å². The molecule has 0 radical (unpaired) electrons. The highest BCUT2D eigenvalue weighted by Gasteiger charge is 2.47. The Morgan fingerprint density at radius 3 is 2.10 bits per heavy atom. The normalized spacial score (nSPS) is 18.3. The topological polar surface area (TPSA) is 57.6 Å². The van der Waals surface area contributed by atoms with E-state index in [1.54, 1.807) is 36.4 Å². The highest BCUT2D eigenvalue weighted by atomic mass is 19.1. The summed E-state index contributed by atoms with van der Waals surface area (Å²) in [6.45, 7) is 0. The van der Waals surface area contributed by atoms with E-state index in [4.69, 9.17) is 0 Å². The van der Waals surface area contributed by atoms with E-state index in [1.807, 2.05) is 0 Å². The zero-order valence-corrected chi connectivity index (χ0v) is 15.0. The lowest BCUT2D eigenvalue weighted by molar-refractivity contribution is -0.132. The number of hydrogen-bond donors (Lipinski definition) is 1. The predicted molar refractivity (Wildman–Crippen MR) is 104 cm³/mol. The van der Waals surface area contributed by atoms with E-state index in [0.29, 0.717) is 5.56 Å². The molecule has 1 heterocycles. The molecule has 1 aliphatic heterocycles. The maximum atomic E-state index is 14.7. The van der Waals surface area contributed by atoms with E-state index < -0.39 is 35.1 Å². The van der Waals surface area contributed by atoms with Crippen LogP contribution in [0, 0.1) is 11.6 Å². The molecule has 0 spiro atoms. The Morgan fingerprint density at radius 2 is 1.45 bits per heavy atom. The highest BCUT2D eigenvalue weighted by Crippen LogP contribution is 2.42. The number of nitrogens with zero attached hydrogens (tertiary/aromatic N) is 1. The van der Waals surface area contributed by atoms with Crippen LogP contribution in [0.4, 0.5) is 14.5 Å². The number of Topliss-reactive ketones (excluding diaryl/α,β-unsaturated/α-hetero) is 1. The highest BCUT2D eigenvalue weighted by molar-refractivity contribution is 6.51. The second-order valence-electron chi connectivity index (χ2n) is 6.53. The summed E-state index contributed by atoms with van der Waals surface area (Å²) in [7, 11) is 0. The van der Waals surface area contributed by atoms with Gasteiger partial charge >= 0.3 is 0 Å². The molecule has 0 aliphatic carbocycles. The molecule has 1 saturated heterocycles. The summed E-state index contributed by atoms with van der Waals surface area (Å²) in [4.78, 5) is 26.8. The lowest BCUT2D eigenvalue weighted by Gasteiger charge is -2.25. The van der Waals surface area contributed by atoms with Crippen LogP contribution in [-0.2, 0) is 9.59 Å². The second-order valence-corrected chi connectivity index (χ2v) is 6.53. The van der Waals surface area contributed by atoms with E-state index in [1.165, 1.54) is 30.3 Å². The molecular weight excluding hydrogens is 376 g/mol. The number of carbonyl (C=O) groups is 2. The lowest BCUT2D eigenvalue weighted by atomic mass is 9.94. The van der Waals surface area contributed by atoms with Gasteiger partial charge in [-0.15, -0.1) is 0 Å². The molecule has 1 N–H and O–H groups in total. The minimum absolute atomic E-state index is 0.0495. The smallest absolute Gasteiger partial charge is 0.300 e. The average molecular weight is 391 g/mol. The van der Waals surface area contributed by atoms with E-state index in [-0.39, 0.29) is 16.8 Å². The number of ketones is 1. The number of aliphatic hydroxyl groups excluding tert-OH is 1. The average Bonchev–Trinajstić information content (AvgIpc) is 3.00. The molecule has 1 fully saturated rings. The molecule has 1 aliphatic rings. The number of aliphatic hydroxyl groups is 1. The van der Waals surface area contributed by atoms with Crippen LogP contribution in [0.2, 0.25) is 0 Å². The molecule has 1 atom stereocenters. The molecule has 0 aromatic heterocycles. The monoisotopic (exact) mass is 391 g/mol. The Hall–Kier alpha value is -3.80. The standard InChI is InChI=1S/C23H15F2NO3/c24-15-10-12-16(13-11-15)26-20(17-8-4-5-9-18(17)25)19(22(28)23(26)29)21(27)14-6-2-1-3-7-14/h1-13,20,27H/b21-19+/t20-/m0/s1. The molecule has 3 aromatic rings. The van der Waals surface area contributed by atoms with Crippen molar-refractivity contribution in [1.82, 2.24) is 0 Å². The van der Waals surface area contributed by atoms with E-state index in [0.717, 1.165) is 17.0 Å². The van der Waals surface area contributed by atoms with Crippen LogP contribution < -0.4 is 4.90 Å². The lowest BCUT2D eigenvalue weighted by Crippen LogP contribution is -2.29. The van der Waals surface area contributed by atoms with Crippen LogP contribution in [-0.4, -0.2) is 16.8 Å². The van der Waals surface area contributed by atoms with Gasteiger partial charge in [0, 0.05) is 16.8 Å². The van der Waals surface area contributed by atoms with Crippen LogP contribution in [0.5, 0.6) is 0 Å². The molecule has 29 heavy (non-hydrogen) atoms. The van der Waals surface area contributed by atoms with Crippen LogP contribution in [0.25, 0.3) is 5.76 Å². The fourth-order valence-electron chi connectivity index (χ4n) is 3.44. The van der Waals surface area contributed by atoms with Crippen molar-refractivity contribution < 1.29 is 23.5 Å². The largest absolute Gasteiger partial charge is 0.507 e. The van der Waals surface area contributed by atoms with E-state index in [9.17, 15) is 23.5 Å². The number of rotatable bonds is 3. The first-order valence-corrected chi connectivity index (χ1v) is 8.85. The minimum atomic E-state index is -1.19. The molecule has 3 aromatic carbocycles. The first-order valence-electron chi connectivity index (χ1n) is 8.85. The number of halogens is 2. The van der Waals surface area contributed by atoms with E-state index in [2.05, 4.69) is 0 Å². The van der Waals surface area contributed by atoms with Crippen molar-refractivity contribution in [3.05, 3.63) is 107 Å². The Bertz CT molecular complexity index is 1120. The van der Waals surface area contributed by atoms with Gasteiger partial charge in [0.2, 0.25) is 0 Å². The third-order valence-electron chi connectivity index (χ3n) is 4.80. The van der Waals surface area contributed by atoms with Gasteiger partial charge in [0.15, 0.2) is 0 Å². The molecule has 4 rings (SSSR count).